The third-order valence-corrected chi connectivity index (χ3v) is 4.06. The quantitative estimate of drug-likeness (QED) is 0.406. The van der Waals surface area contributed by atoms with Gasteiger partial charge in [-0.3, -0.25) is 0 Å². The molecular weight excluding hydrogens is 230 g/mol. The molecule has 1 rings (SSSR count). The summed E-state index contributed by atoms with van der Waals surface area (Å²) < 4.78 is 2.10. The lowest BCUT2D eigenvalue weighted by atomic mass is 9.95. The van der Waals surface area contributed by atoms with Gasteiger partial charge < -0.3 is 0 Å². The lowest BCUT2D eigenvalue weighted by Gasteiger charge is -2.10. The van der Waals surface area contributed by atoms with Crippen molar-refractivity contribution in [3.63, 3.8) is 0 Å². The Morgan fingerprint density at radius 2 is 1.42 bits per heavy atom. The summed E-state index contributed by atoms with van der Waals surface area (Å²) in [6.07, 6.45) is 17.0. The summed E-state index contributed by atoms with van der Waals surface area (Å²) in [7, 11) is 2.08. The van der Waals surface area contributed by atoms with E-state index in [1.54, 1.807) is 0 Å². The van der Waals surface area contributed by atoms with Crippen molar-refractivity contribution in [1.82, 2.24) is 0 Å². The van der Waals surface area contributed by atoms with Gasteiger partial charge in [-0.1, -0.05) is 65.2 Å². The Labute approximate surface area is 120 Å². The number of aromatic nitrogens is 1. The highest BCUT2D eigenvalue weighted by molar-refractivity contribution is 5.12. The van der Waals surface area contributed by atoms with Gasteiger partial charge in [0, 0.05) is 12.1 Å². The van der Waals surface area contributed by atoms with E-state index in [1.807, 2.05) is 0 Å². The lowest BCUT2D eigenvalue weighted by Crippen LogP contribution is -2.26. The summed E-state index contributed by atoms with van der Waals surface area (Å²) >= 11 is 0. The second-order valence-corrected chi connectivity index (χ2v) is 5.96. The molecule has 1 unspecified atom stereocenters. The van der Waals surface area contributed by atoms with E-state index in [0.717, 1.165) is 0 Å². The zero-order valence-electron chi connectivity index (χ0n) is 13.2. The van der Waals surface area contributed by atoms with Crippen molar-refractivity contribution in [2.24, 2.45) is 7.05 Å². The second kappa shape index (κ2) is 10.00. The van der Waals surface area contributed by atoms with Crippen LogP contribution in [0.3, 0.4) is 0 Å². The molecule has 0 fully saturated rings. The fourth-order valence-electron chi connectivity index (χ4n) is 2.59. The van der Waals surface area contributed by atoms with Crippen LogP contribution in [0.5, 0.6) is 0 Å². The lowest BCUT2D eigenvalue weighted by molar-refractivity contribution is -0.671. The maximum absolute atomic E-state index is 2.36. The molecule has 0 aliphatic rings. The van der Waals surface area contributed by atoms with Crippen molar-refractivity contribution in [2.75, 3.05) is 0 Å². The summed E-state index contributed by atoms with van der Waals surface area (Å²) in [5.41, 5.74) is 1.49. The molecule has 19 heavy (non-hydrogen) atoms. The predicted molar refractivity (Wildman–Crippen MR) is 83.3 cm³/mol. The molecule has 1 heteroatoms. The zero-order valence-corrected chi connectivity index (χ0v) is 13.2. The van der Waals surface area contributed by atoms with Gasteiger partial charge in [-0.2, -0.15) is 0 Å². The fourth-order valence-corrected chi connectivity index (χ4v) is 2.59. The molecule has 1 atom stereocenters. The first-order valence-electron chi connectivity index (χ1n) is 8.19. The van der Waals surface area contributed by atoms with Crippen LogP contribution < -0.4 is 4.57 Å². The number of pyridine rings is 1. The summed E-state index contributed by atoms with van der Waals surface area (Å²) in [4.78, 5) is 0. The summed E-state index contributed by atoms with van der Waals surface area (Å²) in [5.74, 6) is 0.710. The molecule has 0 radical (unpaired) electrons. The van der Waals surface area contributed by atoms with Crippen molar-refractivity contribution in [3.05, 3.63) is 30.1 Å². The Kier molecular flexibility index (Phi) is 8.53. The minimum absolute atomic E-state index is 0.710. The first kappa shape index (κ1) is 16.2. The Balaban J connectivity index is 2.04. The van der Waals surface area contributed by atoms with Crippen LogP contribution in [0.25, 0.3) is 0 Å². The molecule has 0 aromatic carbocycles. The molecule has 0 saturated carbocycles. The molecule has 1 aromatic rings. The average molecular weight is 262 g/mol. The second-order valence-electron chi connectivity index (χ2n) is 5.96. The van der Waals surface area contributed by atoms with Crippen LogP contribution in [0, 0.1) is 0 Å². The Morgan fingerprint density at radius 1 is 0.895 bits per heavy atom. The third-order valence-electron chi connectivity index (χ3n) is 4.06. The van der Waals surface area contributed by atoms with Gasteiger partial charge >= 0.3 is 0 Å². The molecule has 1 nitrogen and oxygen atoms in total. The first-order chi connectivity index (χ1) is 9.24. The van der Waals surface area contributed by atoms with Gasteiger partial charge in [0.05, 0.1) is 0 Å². The number of unbranched alkanes of at least 4 members (excludes halogenated alkanes) is 7. The first-order valence-corrected chi connectivity index (χ1v) is 8.19. The van der Waals surface area contributed by atoms with Crippen molar-refractivity contribution < 1.29 is 4.57 Å². The zero-order chi connectivity index (χ0) is 13.9. The standard InChI is InChI=1S/C18H32N/c1-4-5-6-7-8-9-10-11-12-17(2)18-13-15-19(3)16-14-18/h13-17H,4-12H2,1-3H3/q+1. The molecule has 0 aliphatic carbocycles. The van der Waals surface area contributed by atoms with E-state index < -0.39 is 0 Å². The highest BCUT2D eigenvalue weighted by Gasteiger charge is 2.06. The molecule has 0 aliphatic heterocycles. The SMILES string of the molecule is CCCCCCCCCCC(C)c1cc[n+](C)cc1. The largest absolute Gasteiger partial charge is 0.208 e. The molecular formula is C18H32N+. The monoisotopic (exact) mass is 262 g/mol. The van der Waals surface area contributed by atoms with Crippen molar-refractivity contribution in [1.29, 1.82) is 0 Å². The van der Waals surface area contributed by atoms with Crippen LogP contribution in [0.2, 0.25) is 0 Å². The summed E-state index contributed by atoms with van der Waals surface area (Å²) in [6, 6.07) is 4.52. The third kappa shape index (κ3) is 7.34. The molecule has 1 aromatic heterocycles. The van der Waals surface area contributed by atoms with E-state index in [1.165, 1.54) is 63.4 Å². The minimum atomic E-state index is 0.710. The topological polar surface area (TPSA) is 3.88 Å². The van der Waals surface area contributed by atoms with Gasteiger partial charge in [-0.25, -0.2) is 4.57 Å². The summed E-state index contributed by atoms with van der Waals surface area (Å²) in [6.45, 7) is 4.64. The Hall–Kier alpha value is -0.850. The van der Waals surface area contributed by atoms with Gasteiger partial charge in [-0.05, 0) is 17.9 Å². The van der Waals surface area contributed by atoms with Gasteiger partial charge in [0.2, 0.25) is 0 Å². The number of hydrogen-bond acceptors (Lipinski definition) is 0. The molecule has 0 saturated heterocycles. The minimum Gasteiger partial charge on any atom is -0.208 e. The van der Waals surface area contributed by atoms with Crippen LogP contribution in [-0.4, -0.2) is 0 Å². The Morgan fingerprint density at radius 3 is 2.00 bits per heavy atom. The van der Waals surface area contributed by atoms with Gasteiger partial charge in [-0.15, -0.1) is 0 Å². The molecule has 0 spiro atoms. The van der Waals surface area contributed by atoms with Gasteiger partial charge in [0.15, 0.2) is 12.4 Å². The van der Waals surface area contributed by atoms with Crippen LogP contribution in [0.1, 0.15) is 83.1 Å². The highest BCUT2D eigenvalue weighted by atomic mass is 14.9. The number of rotatable bonds is 10. The molecule has 0 N–H and O–H groups in total. The highest BCUT2D eigenvalue weighted by Crippen LogP contribution is 2.21. The maximum atomic E-state index is 2.36. The van der Waals surface area contributed by atoms with E-state index >= 15 is 0 Å². The van der Waals surface area contributed by atoms with Crippen LogP contribution in [-0.2, 0) is 7.05 Å². The van der Waals surface area contributed by atoms with Crippen LogP contribution in [0.15, 0.2) is 24.5 Å². The molecule has 108 valence electrons. The number of aryl methyl sites for hydroxylation is 1. The van der Waals surface area contributed by atoms with E-state index in [-0.39, 0.29) is 0 Å². The van der Waals surface area contributed by atoms with E-state index in [0.29, 0.717) is 5.92 Å². The molecule has 0 bridgehead atoms. The molecule has 1 heterocycles. The van der Waals surface area contributed by atoms with E-state index in [4.69, 9.17) is 0 Å². The van der Waals surface area contributed by atoms with E-state index in [9.17, 15) is 0 Å². The van der Waals surface area contributed by atoms with Gasteiger partial charge in [0.1, 0.15) is 7.05 Å². The van der Waals surface area contributed by atoms with Crippen molar-refractivity contribution in [2.45, 2.75) is 77.6 Å². The van der Waals surface area contributed by atoms with Crippen LogP contribution >= 0.6 is 0 Å². The van der Waals surface area contributed by atoms with Crippen molar-refractivity contribution >= 4 is 0 Å². The van der Waals surface area contributed by atoms with Crippen molar-refractivity contribution in [3.8, 4) is 0 Å². The number of nitrogens with zero attached hydrogens (tertiary/aromatic N) is 1. The number of hydrogen-bond donors (Lipinski definition) is 0. The Bertz CT molecular complexity index is 315. The van der Waals surface area contributed by atoms with E-state index in [2.05, 4.69) is 50.0 Å². The smallest absolute Gasteiger partial charge is 0.168 e. The fraction of sp³-hybridized carbons (Fsp3) is 0.722. The summed E-state index contributed by atoms with van der Waals surface area (Å²) in [5, 5.41) is 0. The maximum Gasteiger partial charge on any atom is 0.168 e. The average Bonchev–Trinajstić information content (AvgIpc) is 2.42. The normalized spacial score (nSPS) is 12.6. The predicted octanol–water partition coefficient (Wildman–Crippen LogP) is 5.15. The van der Waals surface area contributed by atoms with Gasteiger partial charge in [0.25, 0.3) is 0 Å². The molecule has 0 amide bonds. The van der Waals surface area contributed by atoms with Crippen LogP contribution in [0.4, 0.5) is 0 Å².